The van der Waals surface area contributed by atoms with Gasteiger partial charge in [0.15, 0.2) is 17.3 Å². The molecule has 1 N–H and O–H groups in total. The zero-order valence-corrected chi connectivity index (χ0v) is 21.9. The molecule has 12 heteroatoms. The molecule has 0 radical (unpaired) electrons. The summed E-state index contributed by atoms with van der Waals surface area (Å²) < 4.78 is 74.1. The smallest absolute Gasteiger partial charge is 0.507 e. The Morgan fingerprint density at radius 1 is 0.769 bits per heavy atom. The summed E-state index contributed by atoms with van der Waals surface area (Å²) in [4.78, 5) is 24.7. The van der Waals surface area contributed by atoms with Gasteiger partial charge in [-0.25, -0.2) is 0 Å². The van der Waals surface area contributed by atoms with Crippen LogP contribution in [0.2, 0.25) is 0 Å². The number of benzene rings is 2. The standard InChI is InChI=1S/C14H13F3O5S.C13H14O3/c1-21-10-7-4-8-11(22-23(19,20)14(15,16)17)12(10)13(18)9-5-2-3-6-9;1-16-11-8-4-7-10(14)12(11)13(15)9-5-2-3-6-9/h2-4,7-9H,5-6H2,1H3;2-4,7-9,14H,5-6H2,1H3. The monoisotopic (exact) mass is 568 g/mol. The highest BCUT2D eigenvalue weighted by Crippen LogP contribution is 2.37. The minimum atomic E-state index is -5.88. The average molecular weight is 569 g/mol. The molecule has 8 nitrogen and oxygen atoms in total. The largest absolute Gasteiger partial charge is 0.534 e. The van der Waals surface area contributed by atoms with Crippen LogP contribution in [0.1, 0.15) is 46.4 Å². The molecule has 4 rings (SSSR count). The van der Waals surface area contributed by atoms with Crippen LogP contribution < -0.4 is 13.7 Å². The fourth-order valence-corrected chi connectivity index (χ4v) is 4.64. The topological polar surface area (TPSA) is 116 Å². The molecule has 39 heavy (non-hydrogen) atoms. The number of ketones is 2. The Labute approximate surface area is 223 Å². The molecular weight excluding hydrogens is 541 g/mol. The van der Waals surface area contributed by atoms with Crippen molar-refractivity contribution in [1.82, 2.24) is 0 Å². The highest BCUT2D eigenvalue weighted by molar-refractivity contribution is 7.88. The molecule has 0 aromatic heterocycles. The van der Waals surface area contributed by atoms with Crippen molar-refractivity contribution < 1.29 is 49.9 Å². The van der Waals surface area contributed by atoms with Gasteiger partial charge in [0.25, 0.3) is 0 Å². The van der Waals surface area contributed by atoms with Crippen molar-refractivity contribution in [3.8, 4) is 23.0 Å². The van der Waals surface area contributed by atoms with Crippen molar-refractivity contribution in [2.24, 2.45) is 11.8 Å². The van der Waals surface area contributed by atoms with Gasteiger partial charge in [0.05, 0.1) is 14.2 Å². The second-order valence-corrected chi connectivity index (χ2v) is 10.2. The van der Waals surface area contributed by atoms with Gasteiger partial charge in [-0.05, 0) is 49.9 Å². The number of phenols is 1. The molecule has 2 aliphatic carbocycles. The van der Waals surface area contributed by atoms with E-state index in [0.717, 1.165) is 18.9 Å². The molecule has 0 saturated heterocycles. The highest BCUT2D eigenvalue weighted by atomic mass is 32.2. The van der Waals surface area contributed by atoms with E-state index in [4.69, 9.17) is 9.47 Å². The molecule has 0 bridgehead atoms. The number of allylic oxidation sites excluding steroid dienone is 4. The minimum absolute atomic E-state index is 0.00347. The van der Waals surface area contributed by atoms with E-state index in [1.807, 2.05) is 12.2 Å². The zero-order valence-electron chi connectivity index (χ0n) is 21.1. The molecule has 0 atom stereocenters. The fourth-order valence-electron chi connectivity index (χ4n) is 4.17. The van der Waals surface area contributed by atoms with Crippen LogP contribution in [0.3, 0.4) is 0 Å². The number of phenolic OH excluding ortho intramolecular Hbond substituents is 1. The van der Waals surface area contributed by atoms with Gasteiger partial charge in [-0.2, -0.15) is 21.6 Å². The second-order valence-electron chi connectivity index (χ2n) is 8.68. The third-order valence-corrected chi connectivity index (χ3v) is 7.13. The summed E-state index contributed by atoms with van der Waals surface area (Å²) in [6.45, 7) is 0. The molecular formula is C27H27F3O8S. The molecule has 0 unspecified atom stereocenters. The van der Waals surface area contributed by atoms with Crippen molar-refractivity contribution in [1.29, 1.82) is 0 Å². The van der Waals surface area contributed by atoms with E-state index in [0.29, 0.717) is 24.2 Å². The molecule has 0 heterocycles. The van der Waals surface area contributed by atoms with E-state index in [-0.39, 0.29) is 28.8 Å². The normalized spacial score (nSPS) is 15.5. The number of hydrogen-bond acceptors (Lipinski definition) is 8. The lowest BCUT2D eigenvalue weighted by atomic mass is 9.94. The molecule has 0 saturated carbocycles. The maximum absolute atomic E-state index is 12.5. The van der Waals surface area contributed by atoms with Gasteiger partial charge in [0.1, 0.15) is 28.4 Å². The molecule has 0 aliphatic heterocycles. The average Bonchev–Trinajstić information content (AvgIpc) is 3.62. The maximum Gasteiger partial charge on any atom is 0.534 e. The molecule has 2 aromatic carbocycles. The molecule has 0 fully saturated rings. The van der Waals surface area contributed by atoms with Gasteiger partial charge in [-0.3, -0.25) is 9.59 Å². The van der Waals surface area contributed by atoms with E-state index >= 15 is 0 Å². The van der Waals surface area contributed by atoms with Gasteiger partial charge < -0.3 is 18.8 Å². The quantitative estimate of drug-likeness (QED) is 0.189. The number of alkyl halides is 3. The number of Topliss-reactive ketones (excluding diaryl/α,β-unsaturated/α-hetero) is 2. The van der Waals surface area contributed by atoms with Gasteiger partial charge in [-0.1, -0.05) is 36.4 Å². The summed E-state index contributed by atoms with van der Waals surface area (Å²) in [5, 5.41) is 9.73. The zero-order chi connectivity index (χ0) is 28.8. The van der Waals surface area contributed by atoms with Gasteiger partial charge in [0, 0.05) is 11.8 Å². The number of ether oxygens (including phenoxy) is 2. The van der Waals surface area contributed by atoms with E-state index in [9.17, 15) is 36.3 Å². The van der Waals surface area contributed by atoms with Crippen LogP contribution in [0.15, 0.2) is 60.7 Å². The maximum atomic E-state index is 12.5. The summed E-state index contributed by atoms with van der Waals surface area (Å²) in [7, 11) is -3.16. The Kier molecular flexibility index (Phi) is 9.44. The fraction of sp³-hybridized carbons (Fsp3) is 0.333. The minimum Gasteiger partial charge on any atom is -0.507 e. The summed E-state index contributed by atoms with van der Waals surface area (Å²) in [6.07, 6.45) is 9.86. The van der Waals surface area contributed by atoms with Gasteiger partial charge >= 0.3 is 15.6 Å². The summed E-state index contributed by atoms with van der Waals surface area (Å²) >= 11 is 0. The first-order chi connectivity index (χ1) is 18.4. The van der Waals surface area contributed by atoms with E-state index in [2.05, 4.69) is 4.18 Å². The molecule has 210 valence electrons. The highest BCUT2D eigenvalue weighted by Gasteiger charge is 2.49. The van der Waals surface area contributed by atoms with Crippen molar-refractivity contribution >= 4 is 21.7 Å². The number of carbonyl (C=O) groups excluding carboxylic acids is 2. The van der Waals surface area contributed by atoms with Crippen LogP contribution in [-0.2, 0) is 10.1 Å². The van der Waals surface area contributed by atoms with Crippen LogP contribution in [0.4, 0.5) is 13.2 Å². The van der Waals surface area contributed by atoms with Crippen molar-refractivity contribution in [2.75, 3.05) is 14.2 Å². The van der Waals surface area contributed by atoms with E-state index in [1.54, 1.807) is 24.3 Å². The molecule has 2 aromatic rings. The van der Waals surface area contributed by atoms with Crippen molar-refractivity contribution in [3.05, 3.63) is 71.8 Å². The number of halogens is 3. The van der Waals surface area contributed by atoms with Crippen molar-refractivity contribution in [2.45, 2.75) is 31.2 Å². The van der Waals surface area contributed by atoms with E-state index in [1.165, 1.54) is 32.4 Å². The predicted octanol–water partition coefficient (Wildman–Crippen LogP) is 5.62. The van der Waals surface area contributed by atoms with E-state index < -0.39 is 33.1 Å². The number of methoxy groups -OCH3 is 2. The van der Waals surface area contributed by atoms with Gasteiger partial charge in [-0.15, -0.1) is 0 Å². The Bertz CT molecular complexity index is 1360. The number of rotatable bonds is 8. The lowest BCUT2D eigenvalue weighted by Crippen LogP contribution is -2.29. The van der Waals surface area contributed by atoms with Crippen LogP contribution >= 0.6 is 0 Å². The second kappa shape index (κ2) is 12.4. The SMILES string of the molecule is COc1cccc(O)c1C(=O)C1CC=CC1.COc1cccc(OS(=O)(=O)C(F)(F)F)c1C(=O)C1CC=CC1. The number of aromatic hydroxyl groups is 1. The van der Waals surface area contributed by atoms with Gasteiger partial charge in [0.2, 0.25) is 0 Å². The van der Waals surface area contributed by atoms with Crippen molar-refractivity contribution in [3.63, 3.8) is 0 Å². The van der Waals surface area contributed by atoms with Crippen LogP contribution in [0.25, 0.3) is 0 Å². The Balaban J connectivity index is 0.000000230. The third-order valence-electron chi connectivity index (χ3n) is 6.17. The third kappa shape index (κ3) is 6.80. The number of hydrogen-bond donors (Lipinski definition) is 1. The Hall–Kier alpha value is -3.80. The Morgan fingerprint density at radius 2 is 1.18 bits per heavy atom. The number of carbonyl (C=O) groups is 2. The first-order valence-electron chi connectivity index (χ1n) is 11.8. The first kappa shape index (κ1) is 29.8. The first-order valence-corrected chi connectivity index (χ1v) is 13.2. The lowest BCUT2D eigenvalue weighted by molar-refractivity contribution is -0.0500. The van der Waals surface area contributed by atoms with Crippen LogP contribution in [-0.4, -0.2) is 44.8 Å². The molecule has 2 aliphatic rings. The van der Waals surface area contributed by atoms with Crippen LogP contribution in [0, 0.1) is 11.8 Å². The van der Waals surface area contributed by atoms with Crippen LogP contribution in [0.5, 0.6) is 23.0 Å². The summed E-state index contributed by atoms with van der Waals surface area (Å²) in [5.74, 6) is -1.41. The summed E-state index contributed by atoms with van der Waals surface area (Å²) in [5.41, 5.74) is -5.60. The Morgan fingerprint density at radius 3 is 1.64 bits per heavy atom. The predicted molar refractivity (Wildman–Crippen MR) is 136 cm³/mol. The summed E-state index contributed by atoms with van der Waals surface area (Å²) in [6, 6.07) is 8.44. The molecule has 0 amide bonds. The molecule has 0 spiro atoms. The lowest BCUT2D eigenvalue weighted by Gasteiger charge is -2.17.